The fourth-order valence-electron chi connectivity index (χ4n) is 3.66. The molecule has 0 unspecified atom stereocenters. The summed E-state index contributed by atoms with van der Waals surface area (Å²) in [6.45, 7) is -0.678. The van der Waals surface area contributed by atoms with E-state index in [-0.39, 0.29) is 39.5 Å². The van der Waals surface area contributed by atoms with Crippen molar-refractivity contribution < 1.29 is 54.4 Å². The van der Waals surface area contributed by atoms with Crippen LogP contribution in [0.25, 0.3) is 22.3 Å². The van der Waals surface area contributed by atoms with E-state index < -0.39 is 54.2 Å². The van der Waals surface area contributed by atoms with Crippen molar-refractivity contribution in [3.05, 3.63) is 40.6 Å². The van der Waals surface area contributed by atoms with Crippen molar-refractivity contribution >= 4 is 11.0 Å². The standard InChI is InChI=1S/C22H22O12/c1-31-21-14(33-22-20(30)19(29)17(27)15(7-23)34-22)6-13-16(18(21)28)11(26)5-12(32-13)8-2-3-9(24)10(25)4-8/h2-6,15,17,19-20,22-25,27-30H,7H2,1H3/t15-,17-,19+,20-,22-/m1/s1. The van der Waals surface area contributed by atoms with Gasteiger partial charge in [0.25, 0.3) is 0 Å². The minimum atomic E-state index is -1.74. The lowest BCUT2D eigenvalue weighted by Crippen LogP contribution is -2.60. The van der Waals surface area contributed by atoms with E-state index in [4.69, 9.17) is 18.6 Å². The van der Waals surface area contributed by atoms with Gasteiger partial charge in [0.2, 0.25) is 12.0 Å². The first kappa shape index (κ1) is 23.6. The summed E-state index contributed by atoms with van der Waals surface area (Å²) in [5, 5.41) is 69.2. The van der Waals surface area contributed by atoms with Crippen molar-refractivity contribution in [2.24, 2.45) is 0 Å². The molecule has 1 fully saturated rings. The van der Waals surface area contributed by atoms with Crippen molar-refractivity contribution in [1.82, 2.24) is 0 Å². The Balaban J connectivity index is 1.80. The minimum Gasteiger partial charge on any atom is -0.504 e. The van der Waals surface area contributed by atoms with E-state index in [1.807, 2.05) is 0 Å². The number of phenols is 3. The van der Waals surface area contributed by atoms with Crippen molar-refractivity contribution in [1.29, 1.82) is 0 Å². The zero-order valence-electron chi connectivity index (χ0n) is 17.7. The number of aliphatic hydroxyl groups is 4. The second kappa shape index (κ2) is 9.00. The van der Waals surface area contributed by atoms with Crippen LogP contribution in [0.4, 0.5) is 0 Å². The Morgan fingerprint density at radius 3 is 2.35 bits per heavy atom. The normalized spacial score (nSPS) is 24.8. The molecule has 5 atom stereocenters. The molecule has 12 heteroatoms. The first-order valence-electron chi connectivity index (χ1n) is 10.0. The molecule has 0 radical (unpaired) electrons. The summed E-state index contributed by atoms with van der Waals surface area (Å²) in [4.78, 5) is 12.7. The number of aromatic hydroxyl groups is 3. The Labute approximate surface area is 191 Å². The molecule has 0 amide bonds. The molecule has 12 nitrogen and oxygen atoms in total. The van der Waals surface area contributed by atoms with Gasteiger partial charge in [-0.3, -0.25) is 4.79 Å². The SMILES string of the molecule is COc1c(O[C@@H]2O[C@H](CO)[C@@H](O)[C@H](O)[C@H]2O)cc2oc(-c3ccc(O)c(O)c3)cc(=O)c2c1O. The second-order valence-electron chi connectivity index (χ2n) is 7.62. The minimum absolute atomic E-state index is 0.00356. The summed E-state index contributed by atoms with van der Waals surface area (Å²) in [6.07, 6.45) is -7.88. The molecule has 2 aromatic carbocycles. The maximum atomic E-state index is 12.7. The van der Waals surface area contributed by atoms with Gasteiger partial charge in [0, 0.05) is 17.7 Å². The largest absolute Gasteiger partial charge is 0.504 e. The van der Waals surface area contributed by atoms with Gasteiger partial charge in [0.15, 0.2) is 28.4 Å². The Hall–Kier alpha value is -3.55. The first-order valence-corrected chi connectivity index (χ1v) is 10.0. The Morgan fingerprint density at radius 1 is 0.971 bits per heavy atom. The second-order valence-corrected chi connectivity index (χ2v) is 7.62. The van der Waals surface area contributed by atoms with E-state index in [1.165, 1.54) is 31.4 Å². The molecular weight excluding hydrogens is 456 g/mol. The molecule has 3 aromatic rings. The van der Waals surface area contributed by atoms with E-state index in [1.54, 1.807) is 0 Å². The monoisotopic (exact) mass is 478 g/mol. The molecule has 1 saturated heterocycles. The molecule has 0 saturated carbocycles. The lowest BCUT2D eigenvalue weighted by Gasteiger charge is -2.39. The third kappa shape index (κ3) is 3.97. The van der Waals surface area contributed by atoms with Gasteiger partial charge >= 0.3 is 0 Å². The number of fused-ring (bicyclic) bond motifs is 1. The van der Waals surface area contributed by atoms with Crippen LogP contribution < -0.4 is 14.9 Å². The summed E-state index contributed by atoms with van der Waals surface area (Å²) in [5.41, 5.74) is -0.562. The Kier molecular flexibility index (Phi) is 6.25. The predicted octanol–water partition coefficient (Wildman–Crippen LogP) is -0.236. The topological polar surface area (TPSA) is 200 Å². The summed E-state index contributed by atoms with van der Waals surface area (Å²) in [6, 6.07) is 6.03. The fourth-order valence-corrected chi connectivity index (χ4v) is 3.66. The van der Waals surface area contributed by atoms with E-state index in [9.17, 15) is 40.5 Å². The summed E-state index contributed by atoms with van der Waals surface area (Å²) in [7, 11) is 1.19. The average molecular weight is 478 g/mol. The van der Waals surface area contributed by atoms with Gasteiger partial charge in [-0.15, -0.1) is 0 Å². The Bertz CT molecular complexity index is 1270. The molecule has 7 N–H and O–H groups in total. The van der Waals surface area contributed by atoms with Gasteiger partial charge in [-0.1, -0.05) is 0 Å². The van der Waals surface area contributed by atoms with Crippen LogP contribution in [-0.2, 0) is 4.74 Å². The molecule has 1 aromatic heterocycles. The predicted molar refractivity (Wildman–Crippen MR) is 114 cm³/mol. The molecule has 1 aliphatic heterocycles. The van der Waals surface area contributed by atoms with Crippen LogP contribution in [0.5, 0.6) is 28.7 Å². The smallest absolute Gasteiger partial charge is 0.229 e. The average Bonchev–Trinajstić information content (AvgIpc) is 2.80. The first-order chi connectivity index (χ1) is 16.2. The molecule has 4 rings (SSSR count). The molecule has 0 bridgehead atoms. The number of hydrogen-bond donors (Lipinski definition) is 7. The van der Waals surface area contributed by atoms with Crippen molar-refractivity contribution in [2.75, 3.05) is 13.7 Å². The zero-order valence-corrected chi connectivity index (χ0v) is 17.7. The van der Waals surface area contributed by atoms with Crippen molar-refractivity contribution in [2.45, 2.75) is 30.7 Å². The molecule has 0 aliphatic carbocycles. The van der Waals surface area contributed by atoms with E-state index in [0.717, 1.165) is 6.07 Å². The van der Waals surface area contributed by atoms with Crippen LogP contribution in [0.1, 0.15) is 0 Å². The maximum absolute atomic E-state index is 12.7. The summed E-state index contributed by atoms with van der Waals surface area (Å²) in [5.74, 6) is -1.99. The highest BCUT2D eigenvalue weighted by molar-refractivity contribution is 5.89. The third-order valence-corrected chi connectivity index (χ3v) is 5.47. The van der Waals surface area contributed by atoms with E-state index in [2.05, 4.69) is 0 Å². The van der Waals surface area contributed by atoms with Gasteiger partial charge in [-0.25, -0.2) is 0 Å². The number of hydrogen-bond acceptors (Lipinski definition) is 12. The lowest BCUT2D eigenvalue weighted by molar-refractivity contribution is -0.277. The fraction of sp³-hybridized carbons (Fsp3) is 0.318. The van der Waals surface area contributed by atoms with Gasteiger partial charge in [0.1, 0.15) is 41.1 Å². The highest BCUT2D eigenvalue weighted by Gasteiger charge is 2.45. The summed E-state index contributed by atoms with van der Waals surface area (Å²) < 4.78 is 21.8. The number of aliphatic hydroxyl groups excluding tert-OH is 4. The van der Waals surface area contributed by atoms with Crippen LogP contribution >= 0.6 is 0 Å². The van der Waals surface area contributed by atoms with E-state index in [0.29, 0.717) is 0 Å². The van der Waals surface area contributed by atoms with Crippen LogP contribution in [0, 0.1) is 0 Å². The van der Waals surface area contributed by atoms with Crippen LogP contribution in [0.15, 0.2) is 39.5 Å². The Morgan fingerprint density at radius 2 is 1.71 bits per heavy atom. The van der Waals surface area contributed by atoms with Gasteiger partial charge in [-0.2, -0.15) is 0 Å². The van der Waals surface area contributed by atoms with Crippen molar-refractivity contribution in [3.8, 4) is 40.1 Å². The van der Waals surface area contributed by atoms with Gasteiger partial charge in [-0.05, 0) is 18.2 Å². The molecule has 182 valence electrons. The lowest BCUT2D eigenvalue weighted by atomic mass is 9.99. The number of benzene rings is 2. The number of phenolic OH excluding ortho intramolecular Hbond substituents is 3. The van der Waals surface area contributed by atoms with Crippen LogP contribution in [-0.4, -0.2) is 80.2 Å². The van der Waals surface area contributed by atoms with E-state index >= 15 is 0 Å². The van der Waals surface area contributed by atoms with Gasteiger partial charge < -0.3 is 54.4 Å². The third-order valence-electron chi connectivity index (χ3n) is 5.47. The molecular formula is C22H22O12. The molecule has 1 aliphatic rings. The maximum Gasteiger partial charge on any atom is 0.229 e. The molecule has 2 heterocycles. The number of ether oxygens (including phenoxy) is 3. The zero-order chi connectivity index (χ0) is 24.7. The highest BCUT2D eigenvalue weighted by atomic mass is 16.7. The van der Waals surface area contributed by atoms with Crippen LogP contribution in [0.2, 0.25) is 0 Å². The van der Waals surface area contributed by atoms with Crippen LogP contribution in [0.3, 0.4) is 0 Å². The highest BCUT2D eigenvalue weighted by Crippen LogP contribution is 2.43. The quantitative estimate of drug-likeness (QED) is 0.238. The molecule has 0 spiro atoms. The van der Waals surface area contributed by atoms with Gasteiger partial charge in [0.05, 0.1) is 13.7 Å². The molecule has 34 heavy (non-hydrogen) atoms. The number of rotatable bonds is 5. The summed E-state index contributed by atoms with van der Waals surface area (Å²) >= 11 is 0. The number of methoxy groups -OCH3 is 1. The van der Waals surface area contributed by atoms with Crippen molar-refractivity contribution in [3.63, 3.8) is 0 Å².